The summed E-state index contributed by atoms with van der Waals surface area (Å²) in [6.07, 6.45) is -4.75. The zero-order chi connectivity index (χ0) is 16.9. The number of phenolic OH excluding ortho intramolecular Hbond substituents is 1. The van der Waals surface area contributed by atoms with Gasteiger partial charge in [-0.25, -0.2) is 0 Å². The van der Waals surface area contributed by atoms with E-state index in [1.54, 1.807) is 0 Å². The van der Waals surface area contributed by atoms with Gasteiger partial charge in [-0.2, -0.15) is 13.2 Å². The predicted octanol–water partition coefficient (Wildman–Crippen LogP) is 2.69. The van der Waals surface area contributed by atoms with Crippen molar-refractivity contribution in [2.75, 3.05) is 11.5 Å². The molecule has 1 amide bonds. The summed E-state index contributed by atoms with van der Waals surface area (Å²) in [7, 11) is 0. The second kappa shape index (κ2) is 5.18. The van der Waals surface area contributed by atoms with Crippen LogP contribution in [-0.2, 0) is 11.0 Å². The number of fused-ring (bicyclic) bond motifs is 3. The largest absolute Gasteiger partial charge is 0.507 e. The van der Waals surface area contributed by atoms with Gasteiger partial charge in [-0.1, -0.05) is 0 Å². The van der Waals surface area contributed by atoms with Crippen LogP contribution in [0.15, 0.2) is 17.2 Å². The van der Waals surface area contributed by atoms with Crippen LogP contribution in [-0.4, -0.2) is 33.9 Å². The van der Waals surface area contributed by atoms with Crippen molar-refractivity contribution in [3.8, 4) is 11.5 Å². The molecule has 3 rings (SSSR count). The van der Waals surface area contributed by atoms with E-state index < -0.39 is 29.4 Å². The number of alkyl halides is 3. The first-order chi connectivity index (χ1) is 10.7. The van der Waals surface area contributed by atoms with Crippen LogP contribution < -0.4 is 9.64 Å². The number of hydrogen-bond acceptors (Lipinski definition) is 6. The molecule has 6 nitrogen and oxygen atoms in total. The second-order valence-corrected chi connectivity index (χ2v) is 5.35. The number of ether oxygens (including phenoxy) is 1. The molecule has 23 heavy (non-hydrogen) atoms. The molecule has 0 radical (unpaired) electrons. The summed E-state index contributed by atoms with van der Waals surface area (Å²) >= 11 is -0.380. The molecule has 0 saturated carbocycles. The zero-order valence-electron chi connectivity index (χ0n) is 11.5. The van der Waals surface area contributed by atoms with Gasteiger partial charge in [0, 0.05) is 6.07 Å². The van der Waals surface area contributed by atoms with E-state index in [0.29, 0.717) is 10.5 Å². The maximum absolute atomic E-state index is 12.8. The quantitative estimate of drug-likeness (QED) is 0.623. The Morgan fingerprint density at radius 3 is 2.74 bits per heavy atom. The molecule has 0 spiro atoms. The highest BCUT2D eigenvalue weighted by Crippen LogP contribution is 2.45. The van der Waals surface area contributed by atoms with Crippen LogP contribution in [0.4, 0.5) is 22.7 Å². The Balaban J connectivity index is 2.11. The van der Waals surface area contributed by atoms with Gasteiger partial charge in [-0.05, 0) is 13.0 Å². The molecule has 0 saturated heterocycles. The van der Waals surface area contributed by atoms with Crippen LogP contribution in [0.3, 0.4) is 0 Å². The van der Waals surface area contributed by atoms with Gasteiger partial charge in [0.1, 0.15) is 29.7 Å². The Kier molecular flexibility index (Phi) is 3.54. The first kappa shape index (κ1) is 15.7. The number of phenols is 1. The number of carbonyl (C=O) groups excluding carboxylic acids is 1. The number of carbonyl (C=O) groups is 1. The first-order valence-electron chi connectivity index (χ1n) is 6.30. The van der Waals surface area contributed by atoms with Gasteiger partial charge in [0.05, 0.1) is 5.69 Å². The van der Waals surface area contributed by atoms with E-state index in [9.17, 15) is 27.0 Å². The Bertz CT molecular complexity index is 710. The fourth-order valence-electron chi connectivity index (χ4n) is 2.42. The topological polar surface area (TPSA) is 65.4 Å². The minimum atomic E-state index is -4.75. The molecule has 0 aliphatic carbocycles. The summed E-state index contributed by atoms with van der Waals surface area (Å²) < 4.78 is 56.9. The van der Waals surface area contributed by atoms with Crippen molar-refractivity contribution in [3.63, 3.8) is 0 Å². The molecule has 11 heteroatoms. The average molecular weight is 351 g/mol. The molecule has 1 aromatic rings. The lowest BCUT2D eigenvalue weighted by Crippen LogP contribution is -2.55. The zero-order valence-corrected chi connectivity index (χ0v) is 12.3. The summed E-state index contributed by atoms with van der Waals surface area (Å²) in [6.45, 7) is 1.22. The van der Waals surface area contributed by atoms with Gasteiger partial charge in [0.15, 0.2) is 18.2 Å². The standard InChI is InChI=1S/C12H9F4N3O3S/c1-5-11(21)19(23-16)17-10-4-22-9-2-6(12(13,14)15)8(20)3-7(9)18(5)10/h2-3,5,20H,4H2,1H3. The smallest absolute Gasteiger partial charge is 0.420 e. The highest BCUT2D eigenvalue weighted by Gasteiger charge is 2.42. The predicted molar refractivity (Wildman–Crippen MR) is 73.5 cm³/mol. The molecule has 1 N–H and O–H groups in total. The maximum Gasteiger partial charge on any atom is 0.420 e. The van der Waals surface area contributed by atoms with E-state index in [-0.39, 0.29) is 36.2 Å². The minimum Gasteiger partial charge on any atom is -0.507 e. The van der Waals surface area contributed by atoms with Gasteiger partial charge in [0.25, 0.3) is 5.91 Å². The van der Waals surface area contributed by atoms with E-state index >= 15 is 0 Å². The third-order valence-electron chi connectivity index (χ3n) is 3.48. The number of benzene rings is 1. The number of anilines is 1. The average Bonchev–Trinajstić information content (AvgIpc) is 2.48. The van der Waals surface area contributed by atoms with Crippen molar-refractivity contribution in [2.24, 2.45) is 5.10 Å². The van der Waals surface area contributed by atoms with Crippen LogP contribution in [0.1, 0.15) is 12.5 Å². The van der Waals surface area contributed by atoms with Crippen molar-refractivity contribution in [3.05, 3.63) is 17.7 Å². The van der Waals surface area contributed by atoms with E-state index in [1.807, 2.05) is 0 Å². The van der Waals surface area contributed by atoms with Gasteiger partial charge in [-0.3, -0.25) is 4.79 Å². The fourth-order valence-corrected chi connectivity index (χ4v) is 2.77. The molecule has 0 bridgehead atoms. The molecule has 1 aromatic carbocycles. The van der Waals surface area contributed by atoms with E-state index in [1.165, 1.54) is 11.8 Å². The molecule has 0 fully saturated rings. The Morgan fingerprint density at radius 2 is 2.13 bits per heavy atom. The number of aromatic hydroxyl groups is 1. The van der Waals surface area contributed by atoms with Gasteiger partial charge in [-0.15, -0.1) is 13.4 Å². The van der Waals surface area contributed by atoms with Crippen LogP contribution >= 0.6 is 12.3 Å². The summed E-state index contributed by atoms with van der Waals surface area (Å²) in [5, 5.41) is 13.4. The number of rotatable bonds is 1. The molecular weight excluding hydrogens is 342 g/mol. The van der Waals surface area contributed by atoms with Crippen LogP contribution in [0.5, 0.6) is 11.5 Å². The number of hydrogen-bond donors (Lipinski definition) is 1. The minimum absolute atomic E-state index is 0.0601. The Hall–Kier alpha value is -2.17. The summed E-state index contributed by atoms with van der Waals surface area (Å²) in [4.78, 5) is 13.3. The van der Waals surface area contributed by atoms with E-state index in [0.717, 1.165) is 6.07 Å². The molecule has 2 heterocycles. The van der Waals surface area contributed by atoms with Crippen LogP contribution in [0, 0.1) is 0 Å². The Morgan fingerprint density at radius 1 is 1.43 bits per heavy atom. The monoisotopic (exact) mass is 351 g/mol. The van der Waals surface area contributed by atoms with Crippen molar-refractivity contribution >= 4 is 29.8 Å². The lowest BCUT2D eigenvalue weighted by molar-refractivity contribution is -0.139. The lowest BCUT2D eigenvalue weighted by atomic mass is 10.1. The van der Waals surface area contributed by atoms with Crippen molar-refractivity contribution < 1.29 is 31.7 Å². The molecule has 2 aliphatic rings. The van der Waals surface area contributed by atoms with E-state index in [4.69, 9.17) is 4.74 Å². The van der Waals surface area contributed by atoms with Gasteiger partial charge in [0.2, 0.25) is 0 Å². The number of halogens is 4. The van der Waals surface area contributed by atoms with Crippen LogP contribution in [0.25, 0.3) is 0 Å². The fraction of sp³-hybridized carbons (Fsp3) is 0.333. The number of amidine groups is 1. The molecule has 1 atom stereocenters. The van der Waals surface area contributed by atoms with Crippen molar-refractivity contribution in [1.29, 1.82) is 0 Å². The Labute approximate surface area is 131 Å². The number of amides is 1. The summed E-state index contributed by atoms with van der Waals surface area (Å²) in [5.41, 5.74) is -1.18. The highest BCUT2D eigenvalue weighted by molar-refractivity contribution is 7.92. The molecule has 0 aromatic heterocycles. The molecule has 1 unspecified atom stereocenters. The molecule has 124 valence electrons. The van der Waals surface area contributed by atoms with Crippen molar-refractivity contribution in [2.45, 2.75) is 19.1 Å². The second-order valence-electron chi connectivity index (χ2n) is 4.87. The van der Waals surface area contributed by atoms with Gasteiger partial charge >= 0.3 is 6.18 Å². The maximum atomic E-state index is 12.8. The van der Waals surface area contributed by atoms with Gasteiger partial charge < -0.3 is 14.7 Å². The van der Waals surface area contributed by atoms with Crippen molar-refractivity contribution in [1.82, 2.24) is 4.41 Å². The first-order valence-corrected chi connectivity index (χ1v) is 6.98. The van der Waals surface area contributed by atoms with Crippen LogP contribution in [0.2, 0.25) is 0 Å². The molecular formula is C12H9F4N3O3S. The lowest BCUT2D eigenvalue weighted by Gasteiger charge is -2.40. The third kappa shape index (κ3) is 2.44. The number of hydrazone groups is 1. The highest BCUT2D eigenvalue weighted by atomic mass is 32.2. The molecule has 2 aliphatic heterocycles. The summed E-state index contributed by atoms with van der Waals surface area (Å²) in [6, 6.07) is 0.605. The van der Waals surface area contributed by atoms with E-state index in [2.05, 4.69) is 5.10 Å². The number of nitrogens with zero attached hydrogens (tertiary/aromatic N) is 3. The summed E-state index contributed by atoms with van der Waals surface area (Å²) in [5.74, 6) is -1.68. The SMILES string of the molecule is CC1C(=O)N(SF)N=C2COc3cc(C(F)(F)F)c(O)cc3N21. The normalized spacial score (nSPS) is 20.7. The third-order valence-corrected chi connectivity index (χ3v) is 3.87.